The first kappa shape index (κ1) is 14.8. The molecule has 0 aliphatic rings. The topological polar surface area (TPSA) is 79.5 Å². The summed E-state index contributed by atoms with van der Waals surface area (Å²) < 4.78 is 10.6. The number of nitrogens with zero attached hydrogens (tertiary/aromatic N) is 3. The van der Waals surface area contributed by atoms with Gasteiger partial charge >= 0.3 is 0 Å². The Morgan fingerprint density at radius 1 is 1.52 bits per heavy atom. The lowest BCUT2D eigenvalue weighted by Crippen LogP contribution is -2.01. The Balaban J connectivity index is 2.16. The maximum absolute atomic E-state index is 8.64. The second-order valence-corrected chi connectivity index (χ2v) is 4.85. The molecule has 0 saturated heterocycles. The molecule has 0 atom stereocenters. The van der Waals surface area contributed by atoms with Crippen LogP contribution in [0.25, 0.3) is 0 Å². The summed E-state index contributed by atoms with van der Waals surface area (Å²) >= 11 is 1.48. The fraction of sp³-hybridized carbons (Fsp3) is 0.214. The summed E-state index contributed by atoms with van der Waals surface area (Å²) in [5.41, 5.74) is 4.51. The van der Waals surface area contributed by atoms with Gasteiger partial charge in [0.1, 0.15) is 6.07 Å². The molecule has 1 aromatic carbocycles. The van der Waals surface area contributed by atoms with Crippen molar-refractivity contribution in [2.24, 2.45) is 5.10 Å². The fourth-order valence-corrected chi connectivity index (χ4v) is 2.25. The van der Waals surface area contributed by atoms with Gasteiger partial charge in [0.2, 0.25) is 5.13 Å². The Labute approximate surface area is 126 Å². The molecule has 0 saturated carbocycles. The molecule has 6 nitrogen and oxygen atoms in total. The van der Waals surface area contributed by atoms with Crippen molar-refractivity contribution in [1.82, 2.24) is 4.98 Å². The van der Waals surface area contributed by atoms with Crippen molar-refractivity contribution in [3.63, 3.8) is 0 Å². The molecule has 2 rings (SSSR count). The standard InChI is InChI=1S/C14H14N4O2S/c1-10-9-21-14(17-10)18-16-8-11-4-3-5-12(19-2)13(11)20-7-6-15/h3-5,8-9H,7H2,1-2H3,(H,17,18). The molecule has 2 aromatic rings. The Morgan fingerprint density at radius 3 is 3.05 bits per heavy atom. The number of ether oxygens (including phenoxy) is 2. The first-order valence-electron chi connectivity index (χ1n) is 6.12. The number of methoxy groups -OCH3 is 1. The van der Waals surface area contributed by atoms with Gasteiger partial charge in [-0.15, -0.1) is 11.3 Å². The van der Waals surface area contributed by atoms with E-state index in [0.29, 0.717) is 22.2 Å². The number of nitrogens with one attached hydrogen (secondary N) is 1. The van der Waals surface area contributed by atoms with Crippen molar-refractivity contribution in [3.8, 4) is 17.6 Å². The van der Waals surface area contributed by atoms with E-state index in [-0.39, 0.29) is 6.61 Å². The third-order valence-electron chi connectivity index (χ3n) is 2.49. The van der Waals surface area contributed by atoms with E-state index in [9.17, 15) is 0 Å². The Bertz CT molecular complexity index is 676. The normalized spacial score (nSPS) is 10.3. The Morgan fingerprint density at radius 2 is 2.38 bits per heavy atom. The zero-order valence-corrected chi connectivity index (χ0v) is 12.5. The van der Waals surface area contributed by atoms with Crippen molar-refractivity contribution in [3.05, 3.63) is 34.8 Å². The van der Waals surface area contributed by atoms with Crippen molar-refractivity contribution < 1.29 is 9.47 Å². The first-order chi connectivity index (χ1) is 10.2. The SMILES string of the molecule is COc1cccc(C=NNc2nc(C)cs2)c1OCC#N. The Kier molecular flexibility index (Phi) is 5.12. The third-order valence-corrected chi connectivity index (χ3v) is 3.36. The number of nitriles is 1. The van der Waals surface area contributed by atoms with Crippen LogP contribution in [-0.2, 0) is 0 Å². The number of aryl methyl sites for hydroxylation is 1. The predicted molar refractivity (Wildman–Crippen MR) is 82.2 cm³/mol. The molecule has 1 N–H and O–H groups in total. The van der Waals surface area contributed by atoms with Gasteiger partial charge in [0, 0.05) is 10.9 Å². The first-order valence-corrected chi connectivity index (χ1v) is 7.00. The number of anilines is 1. The lowest BCUT2D eigenvalue weighted by molar-refractivity contribution is 0.329. The summed E-state index contributed by atoms with van der Waals surface area (Å²) in [6.45, 7) is 1.86. The van der Waals surface area contributed by atoms with E-state index in [2.05, 4.69) is 15.5 Å². The van der Waals surface area contributed by atoms with Crippen LogP contribution >= 0.6 is 11.3 Å². The second-order valence-electron chi connectivity index (χ2n) is 3.99. The van der Waals surface area contributed by atoms with Crippen molar-refractivity contribution in [2.45, 2.75) is 6.92 Å². The van der Waals surface area contributed by atoms with E-state index < -0.39 is 0 Å². The van der Waals surface area contributed by atoms with Crippen LogP contribution < -0.4 is 14.9 Å². The molecule has 21 heavy (non-hydrogen) atoms. The third kappa shape index (κ3) is 3.94. The average Bonchev–Trinajstić information content (AvgIpc) is 2.91. The van der Waals surface area contributed by atoms with Gasteiger partial charge in [-0.25, -0.2) is 4.98 Å². The highest BCUT2D eigenvalue weighted by atomic mass is 32.1. The second kappa shape index (κ2) is 7.26. The molecule has 0 radical (unpaired) electrons. The molecule has 0 unspecified atom stereocenters. The minimum Gasteiger partial charge on any atom is -0.493 e. The van der Waals surface area contributed by atoms with Gasteiger partial charge < -0.3 is 9.47 Å². The summed E-state index contributed by atoms with van der Waals surface area (Å²) in [6, 6.07) is 7.35. The summed E-state index contributed by atoms with van der Waals surface area (Å²) in [4.78, 5) is 4.24. The van der Waals surface area contributed by atoms with Crippen LogP contribution in [0.4, 0.5) is 5.13 Å². The number of aromatic nitrogens is 1. The number of hydrogen-bond acceptors (Lipinski definition) is 7. The van der Waals surface area contributed by atoms with E-state index >= 15 is 0 Å². The van der Waals surface area contributed by atoms with Gasteiger partial charge in [-0.3, -0.25) is 5.43 Å². The van der Waals surface area contributed by atoms with E-state index in [1.54, 1.807) is 19.4 Å². The van der Waals surface area contributed by atoms with Crippen molar-refractivity contribution in [2.75, 3.05) is 19.1 Å². The molecule has 0 amide bonds. The van der Waals surface area contributed by atoms with Crippen LogP contribution in [-0.4, -0.2) is 24.9 Å². The highest BCUT2D eigenvalue weighted by molar-refractivity contribution is 7.13. The number of hydrogen-bond donors (Lipinski definition) is 1. The summed E-state index contributed by atoms with van der Waals surface area (Å²) in [7, 11) is 1.55. The maximum Gasteiger partial charge on any atom is 0.203 e. The number of para-hydroxylation sites is 1. The van der Waals surface area contributed by atoms with Gasteiger partial charge in [-0.05, 0) is 19.1 Å². The van der Waals surface area contributed by atoms with Gasteiger partial charge in [-0.1, -0.05) is 6.07 Å². The van der Waals surface area contributed by atoms with Crippen LogP contribution in [0.2, 0.25) is 0 Å². The lowest BCUT2D eigenvalue weighted by Gasteiger charge is -2.10. The van der Waals surface area contributed by atoms with Crippen LogP contribution in [0, 0.1) is 18.3 Å². The van der Waals surface area contributed by atoms with Crippen molar-refractivity contribution in [1.29, 1.82) is 5.26 Å². The van der Waals surface area contributed by atoms with Gasteiger partial charge in [-0.2, -0.15) is 10.4 Å². The molecular weight excluding hydrogens is 288 g/mol. The number of thiazole rings is 1. The molecule has 108 valence electrons. The molecule has 7 heteroatoms. The van der Waals surface area contributed by atoms with E-state index in [4.69, 9.17) is 14.7 Å². The number of benzene rings is 1. The minimum atomic E-state index is -0.0552. The highest BCUT2D eigenvalue weighted by Crippen LogP contribution is 2.30. The van der Waals surface area contributed by atoms with E-state index in [1.165, 1.54) is 11.3 Å². The van der Waals surface area contributed by atoms with E-state index in [1.807, 2.05) is 30.5 Å². The van der Waals surface area contributed by atoms with Gasteiger partial charge in [0.25, 0.3) is 0 Å². The molecule has 0 spiro atoms. The average molecular weight is 302 g/mol. The molecule has 0 fully saturated rings. The summed E-state index contributed by atoms with van der Waals surface area (Å²) in [6.07, 6.45) is 1.60. The predicted octanol–water partition coefficient (Wildman–Crippen LogP) is 2.81. The van der Waals surface area contributed by atoms with Crippen LogP contribution in [0.5, 0.6) is 11.5 Å². The number of hydrazone groups is 1. The lowest BCUT2D eigenvalue weighted by atomic mass is 10.2. The molecular formula is C14H14N4O2S. The van der Waals surface area contributed by atoms with Crippen molar-refractivity contribution >= 4 is 22.7 Å². The zero-order chi connectivity index (χ0) is 15.1. The van der Waals surface area contributed by atoms with Gasteiger partial charge in [0.05, 0.1) is 19.0 Å². The quantitative estimate of drug-likeness (QED) is 0.655. The largest absolute Gasteiger partial charge is 0.493 e. The zero-order valence-electron chi connectivity index (χ0n) is 11.7. The molecule has 0 aliphatic heterocycles. The van der Waals surface area contributed by atoms with Crippen LogP contribution in [0.3, 0.4) is 0 Å². The van der Waals surface area contributed by atoms with E-state index in [0.717, 1.165) is 5.69 Å². The smallest absolute Gasteiger partial charge is 0.203 e. The maximum atomic E-state index is 8.64. The Hall–Kier alpha value is -2.59. The highest BCUT2D eigenvalue weighted by Gasteiger charge is 2.09. The molecule has 0 bridgehead atoms. The fourth-order valence-electron chi connectivity index (χ4n) is 1.62. The van der Waals surface area contributed by atoms with Crippen LogP contribution in [0.1, 0.15) is 11.3 Å². The summed E-state index contributed by atoms with van der Waals surface area (Å²) in [5, 5.41) is 15.4. The molecule has 0 aliphatic carbocycles. The monoisotopic (exact) mass is 302 g/mol. The molecule has 1 aromatic heterocycles. The van der Waals surface area contributed by atoms with Gasteiger partial charge in [0.15, 0.2) is 18.1 Å². The number of rotatable bonds is 6. The van der Waals surface area contributed by atoms with Crippen LogP contribution in [0.15, 0.2) is 28.7 Å². The minimum absolute atomic E-state index is 0.0552. The summed E-state index contributed by atoms with van der Waals surface area (Å²) in [5.74, 6) is 1.04. The molecule has 1 heterocycles.